The van der Waals surface area contributed by atoms with Gasteiger partial charge in [-0.05, 0) is 18.1 Å². The number of amides is 1. The van der Waals surface area contributed by atoms with E-state index in [0.29, 0.717) is 24.8 Å². The lowest BCUT2D eigenvalue weighted by Crippen LogP contribution is -2.34. The van der Waals surface area contributed by atoms with Crippen molar-refractivity contribution in [2.24, 2.45) is 11.8 Å². The van der Waals surface area contributed by atoms with E-state index < -0.39 is 0 Å². The Hall–Kier alpha value is -1.71. The van der Waals surface area contributed by atoms with Gasteiger partial charge in [0.1, 0.15) is 12.4 Å². The van der Waals surface area contributed by atoms with Gasteiger partial charge in [0.25, 0.3) is 0 Å². The molecule has 1 atom stereocenters. The molecule has 1 aromatic carbocycles. The van der Waals surface area contributed by atoms with E-state index in [1.807, 2.05) is 32.9 Å². The van der Waals surface area contributed by atoms with Crippen LogP contribution in [0, 0.1) is 11.8 Å². The van der Waals surface area contributed by atoms with E-state index in [4.69, 9.17) is 10.5 Å². The molecular weight excluding hydrogens is 228 g/mol. The molecule has 1 aromatic rings. The van der Waals surface area contributed by atoms with Crippen LogP contribution >= 0.6 is 0 Å². The fourth-order valence-corrected chi connectivity index (χ4v) is 1.41. The minimum Gasteiger partial charge on any atom is -0.492 e. The molecule has 0 aromatic heterocycles. The predicted molar refractivity (Wildman–Crippen MR) is 73.4 cm³/mol. The molecule has 3 N–H and O–H groups in total. The smallest absolute Gasteiger partial charge is 0.223 e. The molecule has 1 unspecified atom stereocenters. The fourth-order valence-electron chi connectivity index (χ4n) is 1.41. The maximum absolute atomic E-state index is 11.7. The molecule has 1 amide bonds. The third-order valence-corrected chi connectivity index (χ3v) is 2.94. The second-order valence-electron chi connectivity index (χ2n) is 4.74. The van der Waals surface area contributed by atoms with E-state index in [1.54, 1.807) is 12.1 Å². The first kappa shape index (κ1) is 14.4. The molecule has 0 bridgehead atoms. The lowest BCUT2D eigenvalue weighted by atomic mass is 9.97. The highest BCUT2D eigenvalue weighted by atomic mass is 16.5. The van der Waals surface area contributed by atoms with Gasteiger partial charge in [0.15, 0.2) is 0 Å². The standard InChI is InChI=1S/C14H22N2O2/c1-10(2)11(3)14(17)16-7-8-18-13-6-4-5-12(15)9-13/h4-6,9-11H,7-8,15H2,1-3H3,(H,16,17). The Kier molecular flexibility index (Phi) is 5.49. The van der Waals surface area contributed by atoms with Crippen molar-refractivity contribution in [2.45, 2.75) is 20.8 Å². The molecule has 4 heteroatoms. The van der Waals surface area contributed by atoms with Gasteiger partial charge >= 0.3 is 0 Å². The summed E-state index contributed by atoms with van der Waals surface area (Å²) >= 11 is 0. The van der Waals surface area contributed by atoms with E-state index in [0.717, 1.165) is 5.75 Å². The number of carbonyl (C=O) groups is 1. The van der Waals surface area contributed by atoms with Crippen LogP contribution in [-0.2, 0) is 4.79 Å². The van der Waals surface area contributed by atoms with Crippen LogP contribution in [0.15, 0.2) is 24.3 Å². The summed E-state index contributed by atoms with van der Waals surface area (Å²) in [5.41, 5.74) is 6.31. The zero-order chi connectivity index (χ0) is 13.5. The predicted octanol–water partition coefficient (Wildman–Crippen LogP) is 2.06. The Bertz CT molecular complexity index is 391. The zero-order valence-corrected chi connectivity index (χ0v) is 11.3. The summed E-state index contributed by atoms with van der Waals surface area (Å²) in [4.78, 5) is 11.7. The third-order valence-electron chi connectivity index (χ3n) is 2.94. The number of nitrogens with two attached hydrogens (primary N) is 1. The molecule has 4 nitrogen and oxygen atoms in total. The van der Waals surface area contributed by atoms with Crippen molar-refractivity contribution in [3.8, 4) is 5.75 Å². The monoisotopic (exact) mass is 250 g/mol. The molecule has 0 saturated heterocycles. The number of rotatable bonds is 6. The van der Waals surface area contributed by atoms with E-state index in [2.05, 4.69) is 5.32 Å². The third kappa shape index (κ3) is 4.65. The number of benzene rings is 1. The summed E-state index contributed by atoms with van der Waals surface area (Å²) < 4.78 is 5.48. The Morgan fingerprint density at radius 3 is 2.72 bits per heavy atom. The molecule has 0 spiro atoms. The van der Waals surface area contributed by atoms with Crippen LogP contribution < -0.4 is 15.8 Å². The van der Waals surface area contributed by atoms with Crippen LogP contribution in [0.5, 0.6) is 5.75 Å². The quantitative estimate of drug-likeness (QED) is 0.600. The maximum Gasteiger partial charge on any atom is 0.223 e. The van der Waals surface area contributed by atoms with Gasteiger partial charge in [0.05, 0.1) is 6.54 Å². The van der Waals surface area contributed by atoms with E-state index in [-0.39, 0.29) is 11.8 Å². The first-order valence-electron chi connectivity index (χ1n) is 6.26. The minimum atomic E-state index is 0.0253. The molecule has 0 radical (unpaired) electrons. The van der Waals surface area contributed by atoms with Crippen LogP contribution in [0.2, 0.25) is 0 Å². The lowest BCUT2D eigenvalue weighted by molar-refractivity contribution is -0.125. The largest absolute Gasteiger partial charge is 0.492 e. The van der Waals surface area contributed by atoms with Gasteiger partial charge in [0, 0.05) is 17.7 Å². The van der Waals surface area contributed by atoms with Gasteiger partial charge in [-0.25, -0.2) is 0 Å². The van der Waals surface area contributed by atoms with Gasteiger partial charge in [-0.2, -0.15) is 0 Å². The molecule has 0 fully saturated rings. The molecule has 1 rings (SSSR count). The first-order chi connectivity index (χ1) is 8.50. The van der Waals surface area contributed by atoms with Crippen molar-refractivity contribution in [2.75, 3.05) is 18.9 Å². The SMILES string of the molecule is CC(C)C(C)C(=O)NCCOc1cccc(N)c1. The van der Waals surface area contributed by atoms with Crippen molar-refractivity contribution >= 4 is 11.6 Å². The zero-order valence-electron chi connectivity index (χ0n) is 11.3. The topological polar surface area (TPSA) is 64.3 Å². The van der Waals surface area contributed by atoms with Crippen molar-refractivity contribution in [1.82, 2.24) is 5.32 Å². The fraction of sp³-hybridized carbons (Fsp3) is 0.500. The number of hydrogen-bond donors (Lipinski definition) is 2. The van der Waals surface area contributed by atoms with Crippen molar-refractivity contribution < 1.29 is 9.53 Å². The highest BCUT2D eigenvalue weighted by Crippen LogP contribution is 2.14. The van der Waals surface area contributed by atoms with Crippen LogP contribution in [0.1, 0.15) is 20.8 Å². The average molecular weight is 250 g/mol. The summed E-state index contributed by atoms with van der Waals surface area (Å²) in [5.74, 6) is 1.17. The number of ether oxygens (including phenoxy) is 1. The molecule has 18 heavy (non-hydrogen) atoms. The Balaban J connectivity index is 2.25. The normalized spacial score (nSPS) is 12.2. The number of nitrogen functional groups attached to an aromatic ring is 1. The van der Waals surface area contributed by atoms with Crippen molar-refractivity contribution in [3.05, 3.63) is 24.3 Å². The van der Waals surface area contributed by atoms with Gasteiger partial charge in [-0.3, -0.25) is 4.79 Å². The minimum absolute atomic E-state index is 0.0253. The van der Waals surface area contributed by atoms with Crippen LogP contribution in [-0.4, -0.2) is 19.1 Å². The maximum atomic E-state index is 11.7. The summed E-state index contributed by atoms with van der Waals surface area (Å²) in [5, 5.41) is 2.85. The first-order valence-corrected chi connectivity index (χ1v) is 6.26. The summed E-state index contributed by atoms with van der Waals surface area (Å²) in [6.45, 7) is 6.95. The summed E-state index contributed by atoms with van der Waals surface area (Å²) in [7, 11) is 0. The number of hydrogen-bond acceptors (Lipinski definition) is 3. The Morgan fingerprint density at radius 1 is 1.39 bits per heavy atom. The number of carbonyl (C=O) groups excluding carboxylic acids is 1. The highest BCUT2D eigenvalue weighted by molar-refractivity contribution is 5.78. The molecule has 0 aliphatic carbocycles. The van der Waals surface area contributed by atoms with Crippen LogP contribution in [0.25, 0.3) is 0 Å². The Labute approximate surface area is 109 Å². The molecule has 0 heterocycles. The van der Waals surface area contributed by atoms with Gasteiger partial charge in [-0.1, -0.05) is 26.8 Å². The van der Waals surface area contributed by atoms with Gasteiger partial charge in [0.2, 0.25) is 5.91 Å². The summed E-state index contributed by atoms with van der Waals surface area (Å²) in [6.07, 6.45) is 0. The van der Waals surface area contributed by atoms with Crippen molar-refractivity contribution in [1.29, 1.82) is 0 Å². The molecule has 100 valence electrons. The highest BCUT2D eigenvalue weighted by Gasteiger charge is 2.15. The number of anilines is 1. The van der Waals surface area contributed by atoms with Crippen LogP contribution in [0.4, 0.5) is 5.69 Å². The van der Waals surface area contributed by atoms with Crippen LogP contribution in [0.3, 0.4) is 0 Å². The van der Waals surface area contributed by atoms with Gasteiger partial charge in [-0.15, -0.1) is 0 Å². The molecule has 0 saturated carbocycles. The Morgan fingerprint density at radius 2 is 2.11 bits per heavy atom. The molecular formula is C14H22N2O2. The summed E-state index contributed by atoms with van der Waals surface area (Å²) in [6, 6.07) is 7.25. The van der Waals surface area contributed by atoms with Gasteiger partial charge < -0.3 is 15.8 Å². The van der Waals surface area contributed by atoms with E-state index in [9.17, 15) is 4.79 Å². The van der Waals surface area contributed by atoms with E-state index >= 15 is 0 Å². The van der Waals surface area contributed by atoms with E-state index in [1.165, 1.54) is 0 Å². The second kappa shape index (κ2) is 6.89. The molecule has 0 aliphatic heterocycles. The number of nitrogens with one attached hydrogen (secondary N) is 1. The average Bonchev–Trinajstić information content (AvgIpc) is 2.33. The van der Waals surface area contributed by atoms with Crippen molar-refractivity contribution in [3.63, 3.8) is 0 Å². The lowest BCUT2D eigenvalue weighted by Gasteiger charge is -2.15. The molecule has 0 aliphatic rings. The second-order valence-corrected chi connectivity index (χ2v) is 4.74.